The zero-order chi connectivity index (χ0) is 23.1. The maximum atomic E-state index is 13.8. The molecule has 0 bridgehead atoms. The fourth-order valence-electron chi connectivity index (χ4n) is 4.06. The topological polar surface area (TPSA) is 62.5 Å². The number of ether oxygens (including phenoxy) is 2. The van der Waals surface area contributed by atoms with Crippen molar-refractivity contribution in [1.82, 2.24) is 9.13 Å². The van der Waals surface area contributed by atoms with Gasteiger partial charge in [0.2, 0.25) is 0 Å². The summed E-state index contributed by atoms with van der Waals surface area (Å²) in [5, 5.41) is 0.901. The van der Waals surface area contributed by atoms with Gasteiger partial charge in [0.05, 0.1) is 32.0 Å². The SMILES string of the molecule is COc1ccc(-n2c(=O)c3sc4ccccc4c3n(Cc3ccc(C)cc3)c2=O)cc1OC. The van der Waals surface area contributed by atoms with Gasteiger partial charge in [-0.05, 0) is 30.7 Å². The molecule has 0 aliphatic heterocycles. The lowest BCUT2D eigenvalue weighted by atomic mass is 10.1. The molecule has 0 aliphatic rings. The first-order valence-corrected chi connectivity index (χ1v) is 11.3. The van der Waals surface area contributed by atoms with E-state index < -0.39 is 5.69 Å². The highest BCUT2D eigenvalue weighted by Gasteiger charge is 2.20. The maximum Gasteiger partial charge on any atom is 0.336 e. The Labute approximate surface area is 193 Å². The molecule has 33 heavy (non-hydrogen) atoms. The van der Waals surface area contributed by atoms with E-state index >= 15 is 0 Å². The molecule has 166 valence electrons. The molecular weight excluding hydrogens is 436 g/mol. The van der Waals surface area contributed by atoms with Crippen LogP contribution in [-0.2, 0) is 6.54 Å². The number of thiophene rings is 1. The Balaban J connectivity index is 1.85. The molecule has 0 unspecified atom stereocenters. The second-order valence-electron chi connectivity index (χ2n) is 7.81. The second-order valence-corrected chi connectivity index (χ2v) is 8.86. The lowest BCUT2D eigenvalue weighted by Gasteiger charge is -2.14. The molecule has 0 atom stereocenters. The van der Waals surface area contributed by atoms with E-state index in [1.165, 1.54) is 23.0 Å². The van der Waals surface area contributed by atoms with Crippen molar-refractivity contribution >= 4 is 31.6 Å². The third kappa shape index (κ3) is 3.50. The zero-order valence-electron chi connectivity index (χ0n) is 18.5. The van der Waals surface area contributed by atoms with Gasteiger partial charge in [0, 0.05) is 16.2 Å². The van der Waals surface area contributed by atoms with Crippen LogP contribution >= 0.6 is 11.3 Å². The van der Waals surface area contributed by atoms with Crippen LogP contribution in [0.3, 0.4) is 0 Å². The van der Waals surface area contributed by atoms with E-state index in [2.05, 4.69) is 0 Å². The lowest BCUT2D eigenvalue weighted by Crippen LogP contribution is -2.38. The van der Waals surface area contributed by atoms with E-state index in [0.29, 0.717) is 33.9 Å². The van der Waals surface area contributed by atoms with Crippen LogP contribution in [0.25, 0.3) is 26.0 Å². The van der Waals surface area contributed by atoms with Crippen molar-refractivity contribution < 1.29 is 9.47 Å². The van der Waals surface area contributed by atoms with Crippen LogP contribution in [0.2, 0.25) is 0 Å². The van der Waals surface area contributed by atoms with E-state index in [1.807, 2.05) is 55.5 Å². The van der Waals surface area contributed by atoms with Gasteiger partial charge in [0.15, 0.2) is 11.5 Å². The highest BCUT2D eigenvalue weighted by Crippen LogP contribution is 2.32. The molecule has 6 nitrogen and oxygen atoms in total. The first-order valence-electron chi connectivity index (χ1n) is 10.5. The van der Waals surface area contributed by atoms with Crippen LogP contribution < -0.4 is 20.7 Å². The number of benzene rings is 3. The molecule has 0 fully saturated rings. The van der Waals surface area contributed by atoms with E-state index in [4.69, 9.17) is 9.47 Å². The van der Waals surface area contributed by atoms with Gasteiger partial charge in [-0.1, -0.05) is 48.0 Å². The molecule has 0 amide bonds. The monoisotopic (exact) mass is 458 g/mol. The number of aryl methyl sites for hydroxylation is 1. The van der Waals surface area contributed by atoms with Crippen LogP contribution in [-0.4, -0.2) is 23.4 Å². The summed E-state index contributed by atoms with van der Waals surface area (Å²) in [6, 6.07) is 20.9. The maximum absolute atomic E-state index is 13.8. The predicted molar refractivity (Wildman–Crippen MR) is 133 cm³/mol. The summed E-state index contributed by atoms with van der Waals surface area (Å²) >= 11 is 1.40. The van der Waals surface area contributed by atoms with Crippen LogP contribution in [0.4, 0.5) is 0 Å². The van der Waals surface area contributed by atoms with E-state index in [0.717, 1.165) is 21.2 Å². The third-order valence-electron chi connectivity index (χ3n) is 5.75. The molecule has 0 aliphatic carbocycles. The number of fused-ring (bicyclic) bond motifs is 3. The Kier molecular flexibility index (Phi) is 5.26. The van der Waals surface area contributed by atoms with Crippen molar-refractivity contribution in [2.45, 2.75) is 13.5 Å². The minimum absolute atomic E-state index is 0.344. The van der Waals surface area contributed by atoms with Gasteiger partial charge in [0.25, 0.3) is 5.56 Å². The molecule has 0 saturated carbocycles. The Hall–Kier alpha value is -3.84. The predicted octanol–water partition coefficient (Wildman–Crippen LogP) is 4.74. The van der Waals surface area contributed by atoms with Crippen LogP contribution in [0, 0.1) is 6.92 Å². The molecule has 0 spiro atoms. The summed E-state index contributed by atoms with van der Waals surface area (Å²) < 4.78 is 15.1. The van der Waals surface area contributed by atoms with Crippen LogP contribution in [0.15, 0.2) is 76.3 Å². The van der Waals surface area contributed by atoms with Crippen molar-refractivity contribution in [3.05, 3.63) is 98.7 Å². The highest BCUT2D eigenvalue weighted by atomic mass is 32.1. The molecule has 2 aromatic heterocycles. The van der Waals surface area contributed by atoms with E-state index in [1.54, 1.807) is 29.9 Å². The quantitative estimate of drug-likeness (QED) is 0.382. The van der Waals surface area contributed by atoms with Crippen molar-refractivity contribution in [3.63, 3.8) is 0 Å². The molecule has 5 rings (SSSR count). The van der Waals surface area contributed by atoms with Crippen LogP contribution in [0.5, 0.6) is 11.5 Å². The van der Waals surface area contributed by atoms with Crippen LogP contribution in [0.1, 0.15) is 11.1 Å². The van der Waals surface area contributed by atoms with Crippen molar-refractivity contribution in [1.29, 1.82) is 0 Å². The van der Waals surface area contributed by atoms with E-state index in [-0.39, 0.29) is 5.56 Å². The first kappa shape index (κ1) is 21.0. The van der Waals surface area contributed by atoms with Gasteiger partial charge in [-0.15, -0.1) is 11.3 Å². The molecular formula is C26H22N2O4S. The average molecular weight is 459 g/mol. The van der Waals surface area contributed by atoms with E-state index in [9.17, 15) is 9.59 Å². The van der Waals surface area contributed by atoms with Crippen molar-refractivity contribution in [2.24, 2.45) is 0 Å². The molecule has 3 aromatic carbocycles. The number of hydrogen-bond donors (Lipinski definition) is 0. The minimum atomic E-state index is -0.399. The molecule has 2 heterocycles. The molecule has 0 saturated heterocycles. The highest BCUT2D eigenvalue weighted by molar-refractivity contribution is 7.25. The standard InChI is InChI=1S/C26H22N2O4S/c1-16-8-10-17(11-9-16)15-27-23-19-6-4-5-7-22(19)33-24(23)25(29)28(26(27)30)18-12-13-20(31-2)21(14-18)32-3/h4-14H,15H2,1-3H3. The molecule has 5 aromatic rings. The summed E-state index contributed by atoms with van der Waals surface area (Å²) in [5.41, 5.74) is 2.49. The van der Waals surface area contributed by atoms with Crippen molar-refractivity contribution in [3.8, 4) is 17.2 Å². The fourth-order valence-corrected chi connectivity index (χ4v) is 5.20. The fraction of sp³-hybridized carbons (Fsp3) is 0.154. The number of hydrogen-bond acceptors (Lipinski definition) is 5. The summed E-state index contributed by atoms with van der Waals surface area (Å²) in [4.78, 5) is 27.4. The molecule has 0 N–H and O–H groups in total. The van der Waals surface area contributed by atoms with Gasteiger partial charge >= 0.3 is 5.69 Å². The number of rotatable bonds is 5. The summed E-state index contributed by atoms with van der Waals surface area (Å²) in [5.74, 6) is 0.972. The summed E-state index contributed by atoms with van der Waals surface area (Å²) in [6.07, 6.45) is 0. The van der Waals surface area contributed by atoms with Gasteiger partial charge in [-0.3, -0.25) is 9.36 Å². The smallest absolute Gasteiger partial charge is 0.336 e. The van der Waals surface area contributed by atoms with Gasteiger partial charge in [0.1, 0.15) is 4.70 Å². The van der Waals surface area contributed by atoms with Crippen molar-refractivity contribution in [2.75, 3.05) is 14.2 Å². The van der Waals surface area contributed by atoms with Gasteiger partial charge in [-0.25, -0.2) is 9.36 Å². The lowest BCUT2D eigenvalue weighted by molar-refractivity contribution is 0.355. The Bertz CT molecular complexity index is 1610. The number of methoxy groups -OCH3 is 2. The summed E-state index contributed by atoms with van der Waals surface area (Å²) in [6.45, 7) is 2.38. The Morgan fingerprint density at radius 1 is 0.879 bits per heavy atom. The Morgan fingerprint density at radius 3 is 2.33 bits per heavy atom. The first-order chi connectivity index (χ1) is 16.0. The Morgan fingerprint density at radius 2 is 1.61 bits per heavy atom. The average Bonchev–Trinajstić information content (AvgIpc) is 3.23. The number of aromatic nitrogens is 2. The van der Waals surface area contributed by atoms with Gasteiger partial charge < -0.3 is 9.47 Å². The van der Waals surface area contributed by atoms with Gasteiger partial charge in [-0.2, -0.15) is 0 Å². The normalized spacial score (nSPS) is 11.2. The second kappa shape index (κ2) is 8.26. The molecule has 0 radical (unpaired) electrons. The third-order valence-corrected chi connectivity index (χ3v) is 6.89. The largest absolute Gasteiger partial charge is 0.493 e. The molecule has 7 heteroatoms. The number of nitrogens with zero attached hydrogens (tertiary/aromatic N) is 2. The zero-order valence-corrected chi connectivity index (χ0v) is 19.3. The minimum Gasteiger partial charge on any atom is -0.493 e. The summed E-state index contributed by atoms with van der Waals surface area (Å²) in [7, 11) is 3.07.